The van der Waals surface area contributed by atoms with Crippen molar-refractivity contribution in [2.45, 2.75) is 43.7 Å². The number of aliphatic hydroxyl groups is 4. The Hall–Kier alpha value is -0.240. The van der Waals surface area contributed by atoms with Crippen molar-refractivity contribution >= 4 is 0 Å². The van der Waals surface area contributed by atoms with Crippen LogP contribution in [0.15, 0.2) is 0 Å². The number of ether oxygens (including phenoxy) is 2. The van der Waals surface area contributed by atoms with Gasteiger partial charge in [-0.3, -0.25) is 0 Å². The molecular formula is C8H16O6. The van der Waals surface area contributed by atoms with Gasteiger partial charge in [-0.15, -0.1) is 0 Å². The lowest BCUT2D eigenvalue weighted by molar-refractivity contribution is -0.173. The van der Waals surface area contributed by atoms with Crippen LogP contribution < -0.4 is 0 Å². The molecule has 0 saturated carbocycles. The van der Waals surface area contributed by atoms with Crippen molar-refractivity contribution < 1.29 is 29.9 Å². The number of hydrogen-bond acceptors (Lipinski definition) is 6. The van der Waals surface area contributed by atoms with Gasteiger partial charge in [0, 0.05) is 7.11 Å². The molecule has 1 aliphatic rings. The van der Waals surface area contributed by atoms with Crippen LogP contribution in [-0.2, 0) is 9.47 Å². The van der Waals surface area contributed by atoms with E-state index in [1.165, 1.54) is 14.0 Å². The molecule has 0 aliphatic carbocycles. The topological polar surface area (TPSA) is 99.4 Å². The second-order valence-corrected chi connectivity index (χ2v) is 3.42. The van der Waals surface area contributed by atoms with Crippen LogP contribution in [0.2, 0.25) is 0 Å². The minimum atomic E-state index is -1.26. The smallest absolute Gasteiger partial charge is 0.186 e. The Bertz CT molecular complexity index is 185. The van der Waals surface area contributed by atoms with Crippen LogP contribution in [-0.4, -0.2) is 64.3 Å². The summed E-state index contributed by atoms with van der Waals surface area (Å²) in [5.74, 6) is 0. The van der Waals surface area contributed by atoms with Crippen molar-refractivity contribution in [3.05, 3.63) is 0 Å². The number of methoxy groups -OCH3 is 1. The fraction of sp³-hybridized carbons (Fsp3) is 1.00. The normalized spacial score (nSPS) is 42.4. The van der Waals surface area contributed by atoms with Gasteiger partial charge in [-0.05, 0) is 6.92 Å². The van der Waals surface area contributed by atoms with Crippen molar-refractivity contribution in [3.63, 3.8) is 0 Å². The molecule has 0 aromatic carbocycles. The predicted molar refractivity (Wildman–Crippen MR) is 45.4 cm³/mol. The van der Waals surface area contributed by atoms with Crippen LogP contribution in [0.25, 0.3) is 0 Å². The number of aliphatic hydroxyl groups excluding tert-OH is 4. The predicted octanol–water partition coefficient (Wildman–Crippen LogP) is -2.18. The molecule has 0 aromatic heterocycles. The lowest BCUT2D eigenvalue weighted by Gasteiger charge is -2.22. The van der Waals surface area contributed by atoms with E-state index in [0.717, 1.165) is 0 Å². The molecule has 1 fully saturated rings. The third-order valence-electron chi connectivity index (χ3n) is 2.32. The summed E-state index contributed by atoms with van der Waals surface area (Å²) in [6.07, 6.45) is -6.77. The first-order chi connectivity index (χ1) is 6.49. The van der Waals surface area contributed by atoms with E-state index < -0.39 is 36.8 Å². The zero-order valence-corrected chi connectivity index (χ0v) is 8.07. The van der Waals surface area contributed by atoms with E-state index in [4.69, 9.17) is 14.6 Å². The average Bonchev–Trinajstić information content (AvgIpc) is 2.43. The highest BCUT2D eigenvalue weighted by Crippen LogP contribution is 2.25. The molecule has 14 heavy (non-hydrogen) atoms. The molecule has 1 heterocycles. The quantitative estimate of drug-likeness (QED) is 0.421. The van der Waals surface area contributed by atoms with Crippen molar-refractivity contribution in [3.8, 4) is 0 Å². The maximum absolute atomic E-state index is 9.45. The molecule has 0 unspecified atom stereocenters. The third kappa shape index (κ3) is 2.05. The number of rotatable bonds is 3. The summed E-state index contributed by atoms with van der Waals surface area (Å²) in [5, 5.41) is 37.3. The largest absolute Gasteiger partial charge is 0.391 e. The van der Waals surface area contributed by atoms with Crippen LogP contribution in [0, 0.1) is 0 Å². The molecule has 84 valence electrons. The van der Waals surface area contributed by atoms with E-state index in [-0.39, 0.29) is 0 Å². The van der Waals surface area contributed by atoms with Crippen LogP contribution in [0.4, 0.5) is 0 Å². The van der Waals surface area contributed by atoms with E-state index in [9.17, 15) is 15.3 Å². The fourth-order valence-corrected chi connectivity index (χ4v) is 1.42. The van der Waals surface area contributed by atoms with Gasteiger partial charge in [-0.1, -0.05) is 0 Å². The first-order valence-electron chi connectivity index (χ1n) is 4.39. The van der Waals surface area contributed by atoms with E-state index in [1.54, 1.807) is 0 Å². The van der Waals surface area contributed by atoms with Gasteiger partial charge in [0.2, 0.25) is 0 Å². The molecular weight excluding hydrogens is 192 g/mol. The highest BCUT2D eigenvalue weighted by molar-refractivity contribution is 4.92. The lowest BCUT2D eigenvalue weighted by Crippen LogP contribution is -2.43. The van der Waals surface area contributed by atoms with Crippen molar-refractivity contribution in [2.75, 3.05) is 7.11 Å². The van der Waals surface area contributed by atoms with Crippen LogP contribution in [0.1, 0.15) is 6.92 Å². The Morgan fingerprint density at radius 3 is 2.14 bits per heavy atom. The van der Waals surface area contributed by atoms with E-state index in [1.807, 2.05) is 0 Å². The summed E-state index contributed by atoms with van der Waals surface area (Å²) < 4.78 is 9.75. The molecule has 6 nitrogen and oxygen atoms in total. The third-order valence-corrected chi connectivity index (χ3v) is 2.32. The SMILES string of the molecule is CO[C@@H]1O[C@H]([C@H](O)[C@@H](C)O)[C@H](O)[C@@H]1O. The molecule has 0 amide bonds. The Labute approximate surface area is 81.7 Å². The van der Waals surface area contributed by atoms with Crippen LogP contribution in [0.3, 0.4) is 0 Å². The van der Waals surface area contributed by atoms with Gasteiger partial charge in [0.05, 0.1) is 6.10 Å². The van der Waals surface area contributed by atoms with E-state index in [2.05, 4.69) is 0 Å². The molecule has 0 aromatic rings. The molecule has 4 N–H and O–H groups in total. The van der Waals surface area contributed by atoms with Crippen molar-refractivity contribution in [1.29, 1.82) is 0 Å². The summed E-state index contributed by atoms with van der Waals surface area (Å²) in [6, 6.07) is 0. The fourth-order valence-electron chi connectivity index (χ4n) is 1.42. The van der Waals surface area contributed by atoms with Gasteiger partial charge in [0.25, 0.3) is 0 Å². The summed E-state index contributed by atoms with van der Waals surface area (Å²) in [4.78, 5) is 0. The Morgan fingerprint density at radius 1 is 1.21 bits per heavy atom. The zero-order valence-electron chi connectivity index (χ0n) is 8.07. The summed E-state index contributed by atoms with van der Waals surface area (Å²) in [6.45, 7) is 1.37. The molecule has 6 heteroatoms. The van der Waals surface area contributed by atoms with Gasteiger partial charge in [-0.2, -0.15) is 0 Å². The Balaban J connectivity index is 2.64. The van der Waals surface area contributed by atoms with E-state index >= 15 is 0 Å². The Kier molecular flexibility index (Phi) is 3.82. The highest BCUT2D eigenvalue weighted by Gasteiger charge is 2.47. The van der Waals surface area contributed by atoms with Crippen molar-refractivity contribution in [1.82, 2.24) is 0 Å². The minimum absolute atomic E-state index is 0.969. The first kappa shape index (κ1) is 11.8. The molecule has 1 rings (SSSR count). The number of hydrogen-bond donors (Lipinski definition) is 4. The average molecular weight is 208 g/mol. The van der Waals surface area contributed by atoms with Gasteiger partial charge in [0.15, 0.2) is 6.29 Å². The van der Waals surface area contributed by atoms with E-state index in [0.29, 0.717) is 0 Å². The van der Waals surface area contributed by atoms with Gasteiger partial charge in [0.1, 0.15) is 24.4 Å². The summed E-state index contributed by atoms with van der Waals surface area (Å²) in [7, 11) is 1.32. The molecule has 0 spiro atoms. The first-order valence-corrected chi connectivity index (χ1v) is 4.39. The molecule has 6 atom stereocenters. The lowest BCUT2D eigenvalue weighted by atomic mass is 10.0. The molecule has 0 radical (unpaired) electrons. The monoisotopic (exact) mass is 208 g/mol. The molecule has 1 aliphatic heterocycles. The van der Waals surface area contributed by atoms with Crippen molar-refractivity contribution in [2.24, 2.45) is 0 Å². The summed E-state index contributed by atoms with van der Waals surface area (Å²) in [5.41, 5.74) is 0. The Morgan fingerprint density at radius 2 is 1.79 bits per heavy atom. The zero-order chi connectivity index (χ0) is 10.9. The maximum Gasteiger partial charge on any atom is 0.186 e. The summed E-state index contributed by atoms with van der Waals surface area (Å²) >= 11 is 0. The molecule has 0 bridgehead atoms. The van der Waals surface area contributed by atoms with Crippen LogP contribution in [0.5, 0.6) is 0 Å². The highest BCUT2D eigenvalue weighted by atomic mass is 16.7. The van der Waals surface area contributed by atoms with Crippen LogP contribution >= 0.6 is 0 Å². The van der Waals surface area contributed by atoms with Gasteiger partial charge < -0.3 is 29.9 Å². The standard InChI is InChI=1S/C8H16O6/c1-3(9)4(10)7-5(11)6(12)8(13-2)14-7/h3-12H,1-2H3/t3-,4-,5-,6+,7-,8-/m1/s1. The van der Waals surface area contributed by atoms with Gasteiger partial charge >= 0.3 is 0 Å². The molecule has 1 saturated heterocycles. The second kappa shape index (κ2) is 4.52. The second-order valence-electron chi connectivity index (χ2n) is 3.42. The maximum atomic E-state index is 9.45. The van der Waals surface area contributed by atoms with Gasteiger partial charge in [-0.25, -0.2) is 0 Å². The minimum Gasteiger partial charge on any atom is -0.391 e.